The molecular weight excluding hydrogens is 305 g/mol. The second kappa shape index (κ2) is 6.58. The maximum atomic E-state index is 12.1. The molecule has 1 amide bonds. The van der Waals surface area contributed by atoms with Gasteiger partial charge in [0.25, 0.3) is 5.91 Å². The van der Waals surface area contributed by atoms with Crippen LogP contribution in [0.4, 0.5) is 0 Å². The minimum absolute atomic E-state index is 0.175. The van der Waals surface area contributed by atoms with Gasteiger partial charge in [-0.05, 0) is 28.9 Å². The van der Waals surface area contributed by atoms with Gasteiger partial charge in [0.1, 0.15) is 5.15 Å². The highest BCUT2D eigenvalue weighted by Crippen LogP contribution is 2.19. The third-order valence-corrected chi connectivity index (χ3v) is 2.93. The molecule has 0 aliphatic carbocycles. The minimum atomic E-state index is -0.207. The number of carbonyl (C=O) groups is 1. The van der Waals surface area contributed by atoms with Crippen molar-refractivity contribution in [3.8, 4) is 6.07 Å². The van der Waals surface area contributed by atoms with Gasteiger partial charge in [-0.3, -0.25) is 4.79 Å². The molecule has 0 N–H and O–H groups in total. The molecule has 0 aromatic carbocycles. The largest absolute Gasteiger partial charge is 0.338 e. The second-order valence-electron chi connectivity index (χ2n) is 3.28. The zero-order chi connectivity index (χ0) is 12.8. The Kier molecular flexibility index (Phi) is 5.39. The van der Waals surface area contributed by atoms with Crippen molar-refractivity contribution in [3.63, 3.8) is 0 Å². The van der Waals surface area contributed by atoms with Crippen LogP contribution >= 0.6 is 27.5 Å². The Morgan fingerprint density at radius 1 is 1.71 bits per heavy atom. The highest BCUT2D eigenvalue weighted by molar-refractivity contribution is 9.10. The normalized spacial score (nSPS) is 9.76. The highest BCUT2D eigenvalue weighted by Gasteiger charge is 2.17. The number of pyridine rings is 1. The molecule has 0 saturated heterocycles. The number of amides is 1. The summed E-state index contributed by atoms with van der Waals surface area (Å²) in [4.78, 5) is 17.6. The number of hydrogen-bond donors (Lipinski definition) is 0. The standard InChI is InChI=1S/C11H11BrClN3O/c1-2-16(5-3-4-14)11(17)9-6-8(12)7-15-10(9)13/h6-7H,2-3,5H2,1H3. The Morgan fingerprint density at radius 2 is 2.41 bits per heavy atom. The van der Waals surface area contributed by atoms with E-state index in [2.05, 4.69) is 20.9 Å². The molecule has 0 bridgehead atoms. The summed E-state index contributed by atoms with van der Waals surface area (Å²) in [6.45, 7) is 2.78. The van der Waals surface area contributed by atoms with Gasteiger partial charge in [0.2, 0.25) is 0 Å². The van der Waals surface area contributed by atoms with Gasteiger partial charge >= 0.3 is 0 Å². The topological polar surface area (TPSA) is 57.0 Å². The fourth-order valence-electron chi connectivity index (χ4n) is 1.33. The average molecular weight is 317 g/mol. The van der Waals surface area contributed by atoms with Crippen LogP contribution in [0.5, 0.6) is 0 Å². The number of nitrogens with zero attached hydrogens (tertiary/aromatic N) is 3. The number of rotatable bonds is 4. The Balaban J connectivity index is 2.94. The smallest absolute Gasteiger partial charge is 0.257 e. The van der Waals surface area contributed by atoms with E-state index in [0.717, 1.165) is 0 Å². The number of hydrogen-bond acceptors (Lipinski definition) is 3. The molecule has 1 heterocycles. The molecule has 6 heteroatoms. The van der Waals surface area contributed by atoms with E-state index < -0.39 is 0 Å². The average Bonchev–Trinajstić information content (AvgIpc) is 2.33. The fraction of sp³-hybridized carbons (Fsp3) is 0.364. The molecule has 0 atom stereocenters. The quantitative estimate of drug-likeness (QED) is 0.803. The van der Waals surface area contributed by atoms with Crippen LogP contribution in [-0.4, -0.2) is 28.9 Å². The monoisotopic (exact) mass is 315 g/mol. The summed E-state index contributed by atoms with van der Waals surface area (Å²) in [5.74, 6) is -0.207. The summed E-state index contributed by atoms with van der Waals surface area (Å²) >= 11 is 9.13. The van der Waals surface area contributed by atoms with Gasteiger partial charge in [-0.1, -0.05) is 11.6 Å². The van der Waals surface area contributed by atoms with Crippen LogP contribution in [0.15, 0.2) is 16.7 Å². The summed E-state index contributed by atoms with van der Waals surface area (Å²) < 4.78 is 0.696. The first kappa shape index (κ1) is 13.9. The molecule has 0 spiro atoms. The maximum Gasteiger partial charge on any atom is 0.257 e. The van der Waals surface area contributed by atoms with Gasteiger partial charge in [-0.15, -0.1) is 0 Å². The van der Waals surface area contributed by atoms with Gasteiger partial charge in [0, 0.05) is 23.8 Å². The van der Waals surface area contributed by atoms with Crippen molar-refractivity contribution in [2.45, 2.75) is 13.3 Å². The minimum Gasteiger partial charge on any atom is -0.338 e. The molecule has 1 rings (SSSR count). The molecule has 0 aliphatic rings. The lowest BCUT2D eigenvalue weighted by molar-refractivity contribution is 0.0767. The van der Waals surface area contributed by atoms with Crippen LogP contribution in [0, 0.1) is 11.3 Å². The number of nitriles is 1. The molecule has 0 saturated carbocycles. The summed E-state index contributed by atoms with van der Waals surface area (Å²) in [6.07, 6.45) is 1.84. The van der Waals surface area contributed by atoms with Crippen LogP contribution in [0.2, 0.25) is 5.15 Å². The van der Waals surface area contributed by atoms with Gasteiger partial charge in [-0.2, -0.15) is 5.26 Å². The fourth-order valence-corrected chi connectivity index (χ4v) is 1.85. The van der Waals surface area contributed by atoms with Crippen LogP contribution in [-0.2, 0) is 0 Å². The van der Waals surface area contributed by atoms with E-state index in [1.54, 1.807) is 11.0 Å². The van der Waals surface area contributed by atoms with Crippen molar-refractivity contribution in [1.82, 2.24) is 9.88 Å². The Bertz CT molecular complexity index is 459. The Morgan fingerprint density at radius 3 is 3.00 bits per heavy atom. The summed E-state index contributed by atoms with van der Waals surface area (Å²) in [7, 11) is 0. The van der Waals surface area contributed by atoms with E-state index in [1.807, 2.05) is 13.0 Å². The molecule has 0 aliphatic heterocycles. The molecule has 4 nitrogen and oxygen atoms in total. The van der Waals surface area contributed by atoms with Crippen molar-refractivity contribution >= 4 is 33.4 Å². The molecule has 1 aromatic rings. The summed E-state index contributed by atoms with van der Waals surface area (Å²) in [6, 6.07) is 3.64. The van der Waals surface area contributed by atoms with Crippen molar-refractivity contribution in [3.05, 3.63) is 27.5 Å². The van der Waals surface area contributed by atoms with Gasteiger partial charge < -0.3 is 4.90 Å². The predicted molar refractivity (Wildman–Crippen MR) is 68.8 cm³/mol. The lowest BCUT2D eigenvalue weighted by Crippen LogP contribution is -2.32. The summed E-state index contributed by atoms with van der Waals surface area (Å²) in [5.41, 5.74) is 0.348. The molecule has 0 unspecified atom stereocenters. The maximum absolute atomic E-state index is 12.1. The van der Waals surface area contributed by atoms with E-state index in [0.29, 0.717) is 29.5 Å². The first-order valence-electron chi connectivity index (χ1n) is 5.07. The Hall–Kier alpha value is -1.12. The lowest BCUT2D eigenvalue weighted by Gasteiger charge is -2.19. The number of halogens is 2. The van der Waals surface area contributed by atoms with Crippen molar-refractivity contribution in [2.24, 2.45) is 0 Å². The molecule has 90 valence electrons. The highest BCUT2D eigenvalue weighted by atomic mass is 79.9. The number of aromatic nitrogens is 1. The van der Waals surface area contributed by atoms with Crippen molar-refractivity contribution < 1.29 is 4.79 Å². The SMILES string of the molecule is CCN(CCC#N)C(=O)c1cc(Br)cnc1Cl. The molecule has 0 fully saturated rings. The number of carbonyl (C=O) groups excluding carboxylic acids is 1. The van der Waals surface area contributed by atoms with E-state index in [4.69, 9.17) is 16.9 Å². The molecular formula is C11H11BrClN3O. The van der Waals surface area contributed by atoms with E-state index in [1.165, 1.54) is 6.20 Å². The first-order valence-corrected chi connectivity index (χ1v) is 6.24. The second-order valence-corrected chi connectivity index (χ2v) is 4.56. The predicted octanol–water partition coefficient (Wildman–Crippen LogP) is 2.87. The lowest BCUT2D eigenvalue weighted by atomic mass is 10.2. The van der Waals surface area contributed by atoms with E-state index in [-0.39, 0.29) is 11.1 Å². The molecule has 1 aromatic heterocycles. The van der Waals surface area contributed by atoms with Gasteiger partial charge in [0.05, 0.1) is 18.1 Å². The van der Waals surface area contributed by atoms with Crippen molar-refractivity contribution in [2.75, 3.05) is 13.1 Å². The van der Waals surface area contributed by atoms with Crippen LogP contribution in [0.25, 0.3) is 0 Å². The van der Waals surface area contributed by atoms with Crippen LogP contribution in [0.3, 0.4) is 0 Å². The van der Waals surface area contributed by atoms with Gasteiger partial charge in [-0.25, -0.2) is 4.98 Å². The van der Waals surface area contributed by atoms with E-state index >= 15 is 0 Å². The van der Waals surface area contributed by atoms with Crippen molar-refractivity contribution in [1.29, 1.82) is 5.26 Å². The zero-order valence-corrected chi connectivity index (χ0v) is 11.6. The third-order valence-electron chi connectivity index (χ3n) is 2.20. The Labute approximate surface area is 113 Å². The van der Waals surface area contributed by atoms with E-state index in [9.17, 15) is 4.79 Å². The summed E-state index contributed by atoms with van der Waals surface area (Å²) in [5, 5.41) is 8.70. The molecule has 17 heavy (non-hydrogen) atoms. The third kappa shape index (κ3) is 3.69. The molecule has 0 radical (unpaired) electrons. The first-order chi connectivity index (χ1) is 8.10. The van der Waals surface area contributed by atoms with Crippen LogP contribution in [0.1, 0.15) is 23.7 Å². The zero-order valence-electron chi connectivity index (χ0n) is 9.28. The van der Waals surface area contributed by atoms with Gasteiger partial charge in [0.15, 0.2) is 0 Å². The van der Waals surface area contributed by atoms with Crippen LogP contribution < -0.4 is 0 Å².